The number of carbonyl (C=O) groups excluding carboxylic acids is 4. The van der Waals surface area contributed by atoms with Crippen LogP contribution in [0.2, 0.25) is 5.02 Å². The molecule has 0 N–H and O–H groups in total. The van der Waals surface area contributed by atoms with Gasteiger partial charge in [0.05, 0.1) is 39.3 Å². The number of benzene rings is 4. The third kappa shape index (κ3) is 6.00. The lowest BCUT2D eigenvalue weighted by atomic mass is 9.78. The molecule has 0 bridgehead atoms. The number of ether oxygens (including phenoxy) is 1. The minimum Gasteiger partial charge on any atom is -0.454 e. The van der Waals surface area contributed by atoms with Gasteiger partial charge in [-0.1, -0.05) is 97.4 Å². The predicted octanol–water partition coefficient (Wildman–Crippen LogP) is 9.03. The largest absolute Gasteiger partial charge is 0.454 e. The first-order valence-corrected chi connectivity index (χ1v) is 17.1. The minimum atomic E-state index is -0.688. The van der Waals surface area contributed by atoms with Crippen LogP contribution in [0.5, 0.6) is 0 Å². The Balaban J connectivity index is 1.16. The summed E-state index contributed by atoms with van der Waals surface area (Å²) < 4.78 is 6.17. The number of ketones is 1. The smallest absolute Gasteiger partial charge is 0.339 e. The van der Waals surface area contributed by atoms with Crippen molar-refractivity contribution in [2.75, 3.05) is 11.5 Å². The molecule has 1 aliphatic heterocycles. The number of aryl methyl sites for hydroxylation is 1. The quantitative estimate of drug-likeness (QED) is 0.0718. The van der Waals surface area contributed by atoms with E-state index in [0.29, 0.717) is 54.9 Å². The molecule has 2 amide bonds. The SMILES string of the molecule is Cc1c(Cl)c(Br)cc2c(C(=O)OCC(=O)c3ccc(-c4ccccc4)cc3)cc(-c3ccc(N4C(=O)C5CC=CC(C)C5C4=O)cc3)nc12. The van der Waals surface area contributed by atoms with Crippen molar-refractivity contribution >= 4 is 67.7 Å². The molecule has 1 saturated heterocycles. The summed E-state index contributed by atoms with van der Waals surface area (Å²) in [6, 6.07) is 27.3. The molecule has 1 aliphatic carbocycles. The Morgan fingerprint density at radius 3 is 2.29 bits per heavy atom. The Labute approximate surface area is 296 Å². The molecule has 7 nitrogen and oxygen atoms in total. The number of fused-ring (bicyclic) bond motifs is 2. The highest BCUT2D eigenvalue weighted by Gasteiger charge is 2.50. The zero-order chi connectivity index (χ0) is 34.4. The van der Waals surface area contributed by atoms with E-state index in [1.807, 2.05) is 68.5 Å². The highest BCUT2D eigenvalue weighted by Crippen LogP contribution is 2.41. The average molecular weight is 734 g/mol. The van der Waals surface area contributed by atoms with Gasteiger partial charge in [-0.2, -0.15) is 0 Å². The Kier molecular flexibility index (Phi) is 8.77. The van der Waals surface area contributed by atoms with Gasteiger partial charge in [-0.05, 0) is 76.1 Å². The molecule has 0 spiro atoms. The van der Waals surface area contributed by atoms with Crippen LogP contribution in [0.15, 0.2) is 108 Å². The molecule has 1 fully saturated rings. The van der Waals surface area contributed by atoms with Gasteiger partial charge in [0.2, 0.25) is 11.8 Å². The number of halogens is 2. The zero-order valence-electron chi connectivity index (χ0n) is 26.7. The fourth-order valence-electron chi connectivity index (χ4n) is 6.73. The summed E-state index contributed by atoms with van der Waals surface area (Å²) in [7, 11) is 0. The van der Waals surface area contributed by atoms with Crippen molar-refractivity contribution in [3.05, 3.63) is 129 Å². The van der Waals surface area contributed by atoms with Crippen molar-refractivity contribution in [3.63, 3.8) is 0 Å². The van der Waals surface area contributed by atoms with Crippen molar-refractivity contribution in [2.24, 2.45) is 17.8 Å². The van der Waals surface area contributed by atoms with E-state index in [9.17, 15) is 19.2 Å². The van der Waals surface area contributed by atoms with Crippen LogP contribution in [0.1, 0.15) is 39.6 Å². The fourth-order valence-corrected chi connectivity index (χ4v) is 7.40. The summed E-state index contributed by atoms with van der Waals surface area (Å²) in [6.07, 6.45) is 4.53. The molecule has 244 valence electrons. The Morgan fingerprint density at radius 1 is 0.918 bits per heavy atom. The molecule has 7 rings (SSSR count). The molecule has 49 heavy (non-hydrogen) atoms. The second kappa shape index (κ2) is 13.2. The van der Waals surface area contributed by atoms with Crippen molar-refractivity contribution in [3.8, 4) is 22.4 Å². The van der Waals surface area contributed by atoms with E-state index >= 15 is 0 Å². The summed E-state index contributed by atoms with van der Waals surface area (Å²) in [5, 5.41) is 0.967. The number of Topliss-reactive ketones (excluding diaryl/α,β-unsaturated/α-hetero) is 1. The van der Waals surface area contributed by atoms with Gasteiger partial charge in [-0.15, -0.1) is 0 Å². The van der Waals surface area contributed by atoms with E-state index in [0.717, 1.165) is 11.1 Å². The maximum atomic E-state index is 13.6. The number of allylic oxidation sites excluding steroid dienone is 2. The lowest BCUT2D eigenvalue weighted by Gasteiger charge is -2.22. The number of hydrogen-bond donors (Lipinski definition) is 0. The van der Waals surface area contributed by atoms with Crippen LogP contribution in [0, 0.1) is 24.7 Å². The number of esters is 1. The maximum Gasteiger partial charge on any atom is 0.339 e. The lowest BCUT2D eigenvalue weighted by Crippen LogP contribution is -2.31. The van der Waals surface area contributed by atoms with Crippen LogP contribution in [0.3, 0.4) is 0 Å². The summed E-state index contributed by atoms with van der Waals surface area (Å²) in [5.41, 5.74) is 5.41. The fraction of sp³-hybridized carbons (Fsp3) is 0.175. The van der Waals surface area contributed by atoms with Gasteiger partial charge in [0.15, 0.2) is 12.4 Å². The summed E-state index contributed by atoms with van der Waals surface area (Å²) in [4.78, 5) is 59.4. The molecular weight excluding hydrogens is 704 g/mol. The monoisotopic (exact) mass is 732 g/mol. The molecule has 9 heteroatoms. The van der Waals surface area contributed by atoms with Crippen LogP contribution in [-0.2, 0) is 14.3 Å². The number of rotatable bonds is 7. The molecule has 3 atom stereocenters. The Bertz CT molecular complexity index is 2180. The normalized spacial score (nSPS) is 18.5. The van der Waals surface area contributed by atoms with E-state index in [2.05, 4.69) is 15.9 Å². The van der Waals surface area contributed by atoms with Gasteiger partial charge < -0.3 is 4.74 Å². The third-order valence-corrected chi connectivity index (χ3v) is 10.7. The van der Waals surface area contributed by atoms with Crippen LogP contribution in [0.25, 0.3) is 33.3 Å². The van der Waals surface area contributed by atoms with Crippen LogP contribution in [0.4, 0.5) is 5.69 Å². The van der Waals surface area contributed by atoms with E-state index in [1.54, 1.807) is 48.5 Å². The van der Waals surface area contributed by atoms with Crippen molar-refractivity contribution in [2.45, 2.75) is 20.3 Å². The van der Waals surface area contributed by atoms with Crippen molar-refractivity contribution in [1.82, 2.24) is 4.98 Å². The molecule has 2 heterocycles. The highest BCUT2D eigenvalue weighted by atomic mass is 79.9. The first-order chi connectivity index (χ1) is 23.6. The van der Waals surface area contributed by atoms with Crippen LogP contribution >= 0.6 is 27.5 Å². The number of anilines is 1. The maximum absolute atomic E-state index is 13.6. The number of hydrogen-bond acceptors (Lipinski definition) is 6. The van der Waals surface area contributed by atoms with E-state index in [-0.39, 0.29) is 40.9 Å². The summed E-state index contributed by atoms with van der Waals surface area (Å²) in [6.45, 7) is 3.33. The lowest BCUT2D eigenvalue weighted by molar-refractivity contribution is -0.122. The van der Waals surface area contributed by atoms with Crippen molar-refractivity contribution in [1.29, 1.82) is 0 Å². The first kappa shape index (κ1) is 32.6. The van der Waals surface area contributed by atoms with Gasteiger partial charge in [0.1, 0.15) is 0 Å². The molecule has 1 aromatic heterocycles. The molecule has 3 unspecified atom stereocenters. The van der Waals surface area contributed by atoms with Gasteiger partial charge in [0.25, 0.3) is 0 Å². The number of carbonyl (C=O) groups is 4. The van der Waals surface area contributed by atoms with Crippen LogP contribution in [-0.4, -0.2) is 35.2 Å². The van der Waals surface area contributed by atoms with E-state index in [4.69, 9.17) is 21.3 Å². The van der Waals surface area contributed by atoms with E-state index < -0.39 is 12.6 Å². The molecule has 0 saturated carbocycles. The van der Waals surface area contributed by atoms with Crippen LogP contribution < -0.4 is 4.90 Å². The molecule has 4 aromatic carbocycles. The first-order valence-electron chi connectivity index (χ1n) is 15.9. The topological polar surface area (TPSA) is 93.6 Å². The standard InChI is InChI=1S/C40H30BrClN2O5/c1-22-7-6-10-29-35(22)39(47)44(38(29)46)28-17-15-26(16-18-28)33-20-31(30-19-32(41)36(42)23(2)37(30)43-33)40(48)49-21-34(45)27-13-11-25(12-14-27)24-8-4-3-5-9-24/h3-9,11-20,22,29,35H,10,21H2,1-2H3. The van der Waals surface area contributed by atoms with E-state index in [1.165, 1.54) is 4.90 Å². The van der Waals surface area contributed by atoms with Gasteiger partial charge in [0, 0.05) is 21.0 Å². The average Bonchev–Trinajstić information content (AvgIpc) is 3.39. The number of pyridine rings is 1. The number of aromatic nitrogens is 1. The molecule has 2 aliphatic rings. The molecule has 5 aromatic rings. The molecular formula is C40H30BrClN2O5. The number of nitrogens with zero attached hydrogens (tertiary/aromatic N) is 2. The van der Waals surface area contributed by atoms with Crippen molar-refractivity contribution < 1.29 is 23.9 Å². The third-order valence-electron chi connectivity index (χ3n) is 9.39. The predicted molar refractivity (Wildman–Crippen MR) is 194 cm³/mol. The number of amides is 2. The second-order valence-electron chi connectivity index (χ2n) is 12.4. The molecule has 0 radical (unpaired) electrons. The Hall–Kier alpha value is -4.92. The van der Waals surface area contributed by atoms with Gasteiger partial charge >= 0.3 is 5.97 Å². The highest BCUT2D eigenvalue weighted by molar-refractivity contribution is 9.10. The summed E-state index contributed by atoms with van der Waals surface area (Å²) >= 11 is 10.0. The summed E-state index contributed by atoms with van der Waals surface area (Å²) in [5.74, 6) is -2.12. The van der Waals surface area contributed by atoms with Gasteiger partial charge in [-0.3, -0.25) is 19.3 Å². The zero-order valence-corrected chi connectivity index (χ0v) is 29.0. The minimum absolute atomic E-state index is 0.00923. The van der Waals surface area contributed by atoms with Gasteiger partial charge in [-0.25, -0.2) is 9.78 Å². The Morgan fingerprint density at radius 2 is 1.59 bits per heavy atom. The second-order valence-corrected chi connectivity index (χ2v) is 13.6. The number of imide groups is 1.